The molecule has 2 aromatic rings. The van der Waals surface area contributed by atoms with Crippen molar-refractivity contribution in [1.29, 1.82) is 0 Å². The molecule has 0 aliphatic rings. The van der Waals surface area contributed by atoms with Crippen molar-refractivity contribution in [2.24, 2.45) is 0 Å². The van der Waals surface area contributed by atoms with Crippen LogP contribution in [0.2, 0.25) is 0 Å². The first-order valence-electron chi connectivity index (χ1n) is 6.13. The number of halogens is 1. The Labute approximate surface area is 118 Å². The van der Waals surface area contributed by atoms with Crippen LogP contribution in [-0.2, 0) is 15.6 Å². The van der Waals surface area contributed by atoms with Crippen LogP contribution in [-0.4, -0.2) is 8.42 Å². The number of rotatable bonds is 3. The minimum absolute atomic E-state index is 0.0896. The van der Waals surface area contributed by atoms with E-state index in [1.807, 2.05) is 26.0 Å². The molecule has 0 bridgehead atoms. The van der Waals surface area contributed by atoms with Gasteiger partial charge in [0.25, 0.3) is 0 Å². The van der Waals surface area contributed by atoms with E-state index < -0.39 is 15.7 Å². The maximum atomic E-state index is 13.3. The summed E-state index contributed by atoms with van der Waals surface area (Å²) in [7, 11) is -3.61. The predicted molar refractivity (Wildman–Crippen MR) is 77.6 cm³/mol. The molecule has 0 unspecified atom stereocenters. The Morgan fingerprint density at radius 3 is 2.35 bits per heavy atom. The first-order valence-corrected chi connectivity index (χ1v) is 7.78. The lowest BCUT2D eigenvalue weighted by Gasteiger charge is -2.08. The molecular weight excluding hydrogens is 277 g/mol. The van der Waals surface area contributed by atoms with Crippen LogP contribution < -0.4 is 5.73 Å². The van der Waals surface area contributed by atoms with E-state index in [1.165, 1.54) is 6.07 Å². The van der Waals surface area contributed by atoms with Crippen LogP contribution in [0.5, 0.6) is 0 Å². The highest BCUT2D eigenvalue weighted by Gasteiger charge is 2.17. The fourth-order valence-corrected chi connectivity index (χ4v) is 3.35. The molecule has 0 saturated heterocycles. The van der Waals surface area contributed by atoms with Crippen molar-refractivity contribution < 1.29 is 12.8 Å². The van der Waals surface area contributed by atoms with Gasteiger partial charge in [-0.3, -0.25) is 0 Å². The van der Waals surface area contributed by atoms with Crippen molar-refractivity contribution in [3.63, 3.8) is 0 Å². The Bertz CT molecular complexity index is 734. The Kier molecular flexibility index (Phi) is 3.81. The molecule has 2 aromatic carbocycles. The molecule has 0 spiro atoms. The summed E-state index contributed by atoms with van der Waals surface area (Å²) in [6.45, 7) is 3.88. The monoisotopic (exact) mass is 293 g/mol. The molecule has 0 amide bonds. The van der Waals surface area contributed by atoms with Crippen LogP contribution in [0.25, 0.3) is 0 Å². The van der Waals surface area contributed by atoms with E-state index in [-0.39, 0.29) is 16.3 Å². The topological polar surface area (TPSA) is 60.2 Å². The first-order chi connectivity index (χ1) is 9.28. The molecule has 5 heteroatoms. The lowest BCUT2D eigenvalue weighted by Crippen LogP contribution is -2.06. The third-order valence-corrected chi connectivity index (χ3v) is 4.85. The molecule has 0 aliphatic heterocycles. The van der Waals surface area contributed by atoms with Crippen LogP contribution in [0, 0.1) is 19.7 Å². The van der Waals surface area contributed by atoms with Gasteiger partial charge in [0, 0.05) is 5.69 Å². The van der Waals surface area contributed by atoms with E-state index >= 15 is 0 Å². The minimum Gasteiger partial charge on any atom is -0.399 e. The lowest BCUT2D eigenvalue weighted by atomic mass is 10.1. The number of sulfone groups is 1. The van der Waals surface area contributed by atoms with E-state index in [4.69, 9.17) is 5.73 Å². The molecule has 106 valence electrons. The number of nitrogens with two attached hydrogens (primary N) is 1. The van der Waals surface area contributed by atoms with Gasteiger partial charge in [-0.2, -0.15) is 0 Å². The summed E-state index contributed by atoms with van der Waals surface area (Å²) in [4.78, 5) is -0.0896. The number of aryl methyl sites for hydroxylation is 2. The van der Waals surface area contributed by atoms with Crippen LogP contribution >= 0.6 is 0 Å². The van der Waals surface area contributed by atoms with Crippen molar-refractivity contribution >= 4 is 15.5 Å². The number of nitrogen functional groups attached to an aromatic ring is 1. The third-order valence-electron chi connectivity index (χ3n) is 3.18. The van der Waals surface area contributed by atoms with Gasteiger partial charge in [0.1, 0.15) is 5.82 Å². The Hall–Kier alpha value is -1.88. The van der Waals surface area contributed by atoms with E-state index in [2.05, 4.69) is 0 Å². The van der Waals surface area contributed by atoms with Gasteiger partial charge in [-0.1, -0.05) is 18.2 Å². The van der Waals surface area contributed by atoms with Gasteiger partial charge in [0.2, 0.25) is 0 Å². The summed E-state index contributed by atoms with van der Waals surface area (Å²) in [5.74, 6) is -0.819. The van der Waals surface area contributed by atoms with Gasteiger partial charge in [-0.15, -0.1) is 0 Å². The molecule has 0 aromatic heterocycles. The quantitative estimate of drug-likeness (QED) is 0.885. The molecule has 0 saturated carbocycles. The summed E-state index contributed by atoms with van der Waals surface area (Å²) < 4.78 is 37.8. The molecular formula is C15H16FNO2S. The SMILES string of the molecule is Cc1ccc(CS(=O)(=O)c2cc(N)cc(F)c2)cc1C. The van der Waals surface area contributed by atoms with E-state index in [1.54, 1.807) is 6.07 Å². The highest BCUT2D eigenvalue weighted by atomic mass is 32.2. The summed E-state index contributed by atoms with van der Waals surface area (Å²) >= 11 is 0. The largest absolute Gasteiger partial charge is 0.399 e. The third kappa shape index (κ3) is 3.17. The van der Waals surface area contributed by atoms with E-state index in [9.17, 15) is 12.8 Å². The van der Waals surface area contributed by atoms with Crippen LogP contribution in [0.3, 0.4) is 0 Å². The Balaban J connectivity index is 2.37. The zero-order valence-electron chi connectivity index (χ0n) is 11.4. The molecule has 0 fully saturated rings. The van der Waals surface area contributed by atoms with Gasteiger partial charge >= 0.3 is 0 Å². The second kappa shape index (κ2) is 5.25. The van der Waals surface area contributed by atoms with Crippen LogP contribution in [0.4, 0.5) is 10.1 Å². The number of hydrogen-bond donors (Lipinski definition) is 1. The predicted octanol–water partition coefficient (Wildman–Crippen LogP) is 3.00. The highest BCUT2D eigenvalue weighted by Crippen LogP contribution is 2.21. The Morgan fingerprint density at radius 2 is 1.75 bits per heavy atom. The van der Waals surface area contributed by atoms with Gasteiger partial charge in [-0.05, 0) is 48.7 Å². The van der Waals surface area contributed by atoms with Crippen molar-refractivity contribution in [3.8, 4) is 0 Å². The van der Waals surface area contributed by atoms with E-state index in [0.717, 1.165) is 23.3 Å². The molecule has 0 aliphatic carbocycles. The summed E-state index contributed by atoms with van der Waals surface area (Å²) in [5.41, 5.74) is 8.39. The molecule has 20 heavy (non-hydrogen) atoms. The standard InChI is InChI=1S/C15H16FNO2S/c1-10-3-4-12(5-11(10)2)9-20(18,19)15-7-13(16)6-14(17)8-15/h3-8H,9,17H2,1-2H3. The van der Waals surface area contributed by atoms with Crippen LogP contribution in [0.1, 0.15) is 16.7 Å². The second-order valence-corrected chi connectivity index (χ2v) is 6.89. The van der Waals surface area contributed by atoms with Crippen molar-refractivity contribution in [1.82, 2.24) is 0 Å². The molecule has 0 atom stereocenters. The van der Waals surface area contributed by atoms with Gasteiger partial charge in [0.15, 0.2) is 9.84 Å². The molecule has 0 heterocycles. The van der Waals surface area contributed by atoms with Crippen molar-refractivity contribution in [2.75, 3.05) is 5.73 Å². The second-order valence-electron chi connectivity index (χ2n) is 4.90. The summed E-state index contributed by atoms with van der Waals surface area (Å²) in [6.07, 6.45) is 0. The lowest BCUT2D eigenvalue weighted by molar-refractivity contribution is 0.590. The fraction of sp³-hybridized carbons (Fsp3) is 0.200. The molecule has 2 N–H and O–H groups in total. The zero-order valence-corrected chi connectivity index (χ0v) is 12.2. The van der Waals surface area contributed by atoms with Gasteiger partial charge < -0.3 is 5.73 Å². The normalized spacial score (nSPS) is 11.6. The zero-order chi connectivity index (χ0) is 14.9. The maximum absolute atomic E-state index is 13.3. The summed E-state index contributed by atoms with van der Waals surface area (Å²) in [5, 5.41) is 0. The number of benzene rings is 2. The smallest absolute Gasteiger partial charge is 0.182 e. The van der Waals surface area contributed by atoms with Gasteiger partial charge in [0.05, 0.1) is 10.6 Å². The first kappa shape index (κ1) is 14.5. The van der Waals surface area contributed by atoms with E-state index in [0.29, 0.717) is 5.56 Å². The summed E-state index contributed by atoms with van der Waals surface area (Å²) in [6, 6.07) is 8.83. The fourth-order valence-electron chi connectivity index (χ4n) is 1.96. The molecule has 3 nitrogen and oxygen atoms in total. The Morgan fingerprint density at radius 1 is 1.05 bits per heavy atom. The molecule has 0 radical (unpaired) electrons. The average molecular weight is 293 g/mol. The molecule has 2 rings (SSSR count). The minimum atomic E-state index is -3.61. The number of anilines is 1. The van der Waals surface area contributed by atoms with Crippen LogP contribution in [0.15, 0.2) is 41.3 Å². The number of hydrogen-bond acceptors (Lipinski definition) is 3. The highest BCUT2D eigenvalue weighted by molar-refractivity contribution is 7.90. The van der Waals surface area contributed by atoms with Crippen molar-refractivity contribution in [3.05, 3.63) is 58.9 Å². The van der Waals surface area contributed by atoms with Crippen molar-refractivity contribution in [2.45, 2.75) is 24.5 Å². The van der Waals surface area contributed by atoms with Gasteiger partial charge in [-0.25, -0.2) is 12.8 Å². The maximum Gasteiger partial charge on any atom is 0.182 e. The average Bonchev–Trinajstić information content (AvgIpc) is 2.32.